The largest absolute Gasteiger partial charge is 0.490 e. The molecule has 1 N–H and O–H groups in total. The van der Waals surface area contributed by atoms with Gasteiger partial charge in [0, 0.05) is 55.4 Å². The SMILES string of the molecule is Cn1ccc2c(OC3CCN(Cc4cn[nH]c4C4CC4)CC3)cccc21. The molecule has 1 aliphatic heterocycles. The van der Waals surface area contributed by atoms with Crippen LogP contribution in [0.3, 0.4) is 0 Å². The monoisotopic (exact) mass is 350 g/mol. The zero-order valence-corrected chi connectivity index (χ0v) is 15.3. The number of likely N-dealkylation sites (tertiary alicyclic amines) is 1. The molecular weight excluding hydrogens is 324 g/mol. The fraction of sp³-hybridized carbons (Fsp3) is 0.476. The zero-order valence-electron chi connectivity index (χ0n) is 15.3. The summed E-state index contributed by atoms with van der Waals surface area (Å²) >= 11 is 0. The highest BCUT2D eigenvalue weighted by Gasteiger charge is 2.29. The molecule has 3 heterocycles. The molecule has 1 saturated carbocycles. The van der Waals surface area contributed by atoms with Gasteiger partial charge in [0.05, 0.1) is 11.7 Å². The van der Waals surface area contributed by atoms with Crippen LogP contribution in [-0.2, 0) is 13.6 Å². The molecule has 5 heteroatoms. The summed E-state index contributed by atoms with van der Waals surface area (Å²) in [6, 6.07) is 8.48. The number of aryl methyl sites for hydroxylation is 1. The molecule has 2 fully saturated rings. The highest BCUT2D eigenvalue weighted by Crippen LogP contribution is 2.40. The standard InChI is InChI=1S/C21H26N4O/c1-24-10-9-18-19(24)3-2-4-20(18)26-17-7-11-25(12-8-17)14-16-13-22-23-21(16)15-5-6-15/h2-4,9-10,13,15,17H,5-8,11-12,14H2,1H3,(H,22,23). The lowest BCUT2D eigenvalue weighted by atomic mass is 10.1. The van der Waals surface area contributed by atoms with Gasteiger partial charge in [0.15, 0.2) is 0 Å². The van der Waals surface area contributed by atoms with Gasteiger partial charge in [-0.15, -0.1) is 0 Å². The normalized spacial score (nSPS) is 19.3. The van der Waals surface area contributed by atoms with Crippen molar-refractivity contribution in [2.24, 2.45) is 7.05 Å². The van der Waals surface area contributed by atoms with Crippen LogP contribution in [0.2, 0.25) is 0 Å². The van der Waals surface area contributed by atoms with E-state index in [1.807, 2.05) is 6.20 Å². The molecule has 0 amide bonds. The van der Waals surface area contributed by atoms with Gasteiger partial charge in [-0.3, -0.25) is 10.00 Å². The number of nitrogens with one attached hydrogen (secondary N) is 1. The van der Waals surface area contributed by atoms with E-state index in [1.165, 1.54) is 35.0 Å². The number of hydrogen-bond donors (Lipinski definition) is 1. The second-order valence-electron chi connectivity index (χ2n) is 7.79. The molecule has 0 radical (unpaired) electrons. The number of piperidine rings is 1. The van der Waals surface area contributed by atoms with Crippen molar-refractivity contribution >= 4 is 10.9 Å². The summed E-state index contributed by atoms with van der Waals surface area (Å²) in [4.78, 5) is 2.54. The van der Waals surface area contributed by atoms with Crippen LogP contribution in [0, 0.1) is 0 Å². The molecule has 5 nitrogen and oxygen atoms in total. The number of aromatic nitrogens is 3. The van der Waals surface area contributed by atoms with Crippen molar-refractivity contribution in [2.75, 3.05) is 13.1 Å². The van der Waals surface area contributed by atoms with E-state index in [0.717, 1.165) is 44.1 Å². The minimum atomic E-state index is 0.310. The summed E-state index contributed by atoms with van der Waals surface area (Å²) < 4.78 is 8.52. The predicted molar refractivity (Wildman–Crippen MR) is 102 cm³/mol. The Labute approximate surface area is 153 Å². The molecule has 0 unspecified atom stereocenters. The lowest BCUT2D eigenvalue weighted by Gasteiger charge is -2.32. The first-order valence-electron chi connectivity index (χ1n) is 9.73. The second kappa shape index (κ2) is 6.47. The van der Waals surface area contributed by atoms with E-state index in [4.69, 9.17) is 4.74 Å². The van der Waals surface area contributed by atoms with Gasteiger partial charge in [-0.25, -0.2) is 0 Å². The van der Waals surface area contributed by atoms with Gasteiger partial charge >= 0.3 is 0 Å². The maximum absolute atomic E-state index is 6.38. The van der Waals surface area contributed by atoms with Crippen molar-refractivity contribution in [1.29, 1.82) is 0 Å². The number of fused-ring (bicyclic) bond motifs is 1. The van der Waals surface area contributed by atoms with Crippen LogP contribution >= 0.6 is 0 Å². The number of nitrogens with zero attached hydrogens (tertiary/aromatic N) is 3. The van der Waals surface area contributed by atoms with E-state index in [1.54, 1.807) is 0 Å². The van der Waals surface area contributed by atoms with Crippen molar-refractivity contribution in [3.63, 3.8) is 0 Å². The Hall–Kier alpha value is -2.27. The Morgan fingerprint density at radius 2 is 2.00 bits per heavy atom. The van der Waals surface area contributed by atoms with Crippen LogP contribution in [0.25, 0.3) is 10.9 Å². The summed E-state index contributed by atoms with van der Waals surface area (Å²) in [6.07, 6.45) is 9.23. The first-order chi connectivity index (χ1) is 12.8. The van der Waals surface area contributed by atoms with Gasteiger partial charge in [-0.2, -0.15) is 5.10 Å². The molecular formula is C21H26N4O. The van der Waals surface area contributed by atoms with Gasteiger partial charge in [0.2, 0.25) is 0 Å². The second-order valence-corrected chi connectivity index (χ2v) is 7.79. The number of ether oxygens (including phenoxy) is 1. The molecule has 0 atom stereocenters. The van der Waals surface area contributed by atoms with E-state index >= 15 is 0 Å². The summed E-state index contributed by atoms with van der Waals surface area (Å²) in [6.45, 7) is 3.19. The third kappa shape index (κ3) is 3.01. The Morgan fingerprint density at radius 3 is 2.81 bits per heavy atom. The summed E-state index contributed by atoms with van der Waals surface area (Å²) in [5.41, 5.74) is 3.99. The Balaban J connectivity index is 1.21. The molecule has 2 aliphatic rings. The molecule has 5 rings (SSSR count). The fourth-order valence-corrected chi connectivity index (χ4v) is 4.16. The van der Waals surface area contributed by atoms with Crippen LogP contribution in [0.5, 0.6) is 5.75 Å². The summed E-state index contributed by atoms with van der Waals surface area (Å²) in [5, 5.41) is 8.70. The lowest BCUT2D eigenvalue weighted by molar-refractivity contribution is 0.0978. The maximum Gasteiger partial charge on any atom is 0.129 e. The van der Waals surface area contributed by atoms with Gasteiger partial charge in [0.1, 0.15) is 11.9 Å². The van der Waals surface area contributed by atoms with Crippen molar-refractivity contribution in [3.05, 3.63) is 47.9 Å². The molecule has 0 bridgehead atoms. The van der Waals surface area contributed by atoms with Crippen molar-refractivity contribution in [3.8, 4) is 5.75 Å². The number of H-pyrrole nitrogens is 1. The fourth-order valence-electron chi connectivity index (χ4n) is 4.16. The summed E-state index contributed by atoms with van der Waals surface area (Å²) in [7, 11) is 2.08. The average Bonchev–Trinajstić information content (AvgIpc) is 3.29. The number of aromatic amines is 1. The van der Waals surface area contributed by atoms with Crippen LogP contribution in [-0.4, -0.2) is 38.9 Å². The minimum Gasteiger partial charge on any atom is -0.490 e. The van der Waals surface area contributed by atoms with E-state index in [9.17, 15) is 0 Å². The smallest absolute Gasteiger partial charge is 0.129 e. The maximum atomic E-state index is 6.38. The Morgan fingerprint density at radius 1 is 1.15 bits per heavy atom. The Kier molecular flexibility index (Phi) is 3.97. The minimum absolute atomic E-state index is 0.310. The first-order valence-corrected chi connectivity index (χ1v) is 9.73. The lowest BCUT2D eigenvalue weighted by Crippen LogP contribution is -2.37. The molecule has 1 aromatic carbocycles. The van der Waals surface area contributed by atoms with Gasteiger partial charge < -0.3 is 9.30 Å². The van der Waals surface area contributed by atoms with Crippen molar-refractivity contribution < 1.29 is 4.74 Å². The van der Waals surface area contributed by atoms with E-state index in [0.29, 0.717) is 6.10 Å². The predicted octanol–water partition coefficient (Wildman–Crippen LogP) is 3.82. The molecule has 2 aromatic heterocycles. The quantitative estimate of drug-likeness (QED) is 0.761. The number of rotatable bonds is 5. The summed E-state index contributed by atoms with van der Waals surface area (Å²) in [5.74, 6) is 1.76. The first kappa shape index (κ1) is 15.9. The molecule has 3 aromatic rings. The average molecular weight is 350 g/mol. The van der Waals surface area contributed by atoms with Gasteiger partial charge in [-0.1, -0.05) is 6.07 Å². The highest BCUT2D eigenvalue weighted by molar-refractivity contribution is 5.86. The highest BCUT2D eigenvalue weighted by atomic mass is 16.5. The van der Waals surface area contributed by atoms with Crippen LogP contribution < -0.4 is 4.74 Å². The van der Waals surface area contributed by atoms with Crippen molar-refractivity contribution in [1.82, 2.24) is 19.7 Å². The molecule has 0 spiro atoms. The van der Waals surface area contributed by atoms with Crippen LogP contribution in [0.15, 0.2) is 36.7 Å². The third-order valence-corrected chi connectivity index (χ3v) is 5.85. The van der Waals surface area contributed by atoms with Gasteiger partial charge in [0.25, 0.3) is 0 Å². The topological polar surface area (TPSA) is 46.1 Å². The molecule has 1 aliphatic carbocycles. The Bertz CT molecular complexity index is 900. The zero-order chi connectivity index (χ0) is 17.5. The number of hydrogen-bond acceptors (Lipinski definition) is 3. The molecule has 1 saturated heterocycles. The number of benzene rings is 1. The molecule has 136 valence electrons. The third-order valence-electron chi connectivity index (χ3n) is 5.85. The van der Waals surface area contributed by atoms with Crippen LogP contribution in [0.1, 0.15) is 42.9 Å². The van der Waals surface area contributed by atoms with E-state index < -0.39 is 0 Å². The van der Waals surface area contributed by atoms with E-state index in [2.05, 4.69) is 57.2 Å². The van der Waals surface area contributed by atoms with Crippen molar-refractivity contribution in [2.45, 2.75) is 44.2 Å². The molecule has 26 heavy (non-hydrogen) atoms. The van der Waals surface area contributed by atoms with Gasteiger partial charge in [-0.05, 0) is 43.9 Å². The van der Waals surface area contributed by atoms with Crippen LogP contribution in [0.4, 0.5) is 0 Å². The van der Waals surface area contributed by atoms with E-state index in [-0.39, 0.29) is 0 Å².